The molecule has 0 radical (unpaired) electrons. The van der Waals surface area contributed by atoms with E-state index < -0.39 is 0 Å². The lowest BCUT2D eigenvalue weighted by atomic mass is 9.85. The van der Waals surface area contributed by atoms with Crippen LogP contribution in [0.5, 0.6) is 0 Å². The van der Waals surface area contributed by atoms with E-state index in [1.807, 2.05) is 30.3 Å². The first-order valence-electron chi connectivity index (χ1n) is 10.5. The van der Waals surface area contributed by atoms with Gasteiger partial charge in [0.1, 0.15) is 6.26 Å². The van der Waals surface area contributed by atoms with E-state index in [1.165, 1.54) is 0 Å². The maximum atomic E-state index is 12.4. The highest BCUT2D eigenvalue weighted by atomic mass is 127. The predicted octanol–water partition coefficient (Wildman–Crippen LogP) is 3.46. The van der Waals surface area contributed by atoms with Gasteiger partial charge >= 0.3 is 0 Å². The highest BCUT2D eigenvalue weighted by Crippen LogP contribution is 2.26. The molecule has 3 N–H and O–H groups in total. The molecule has 8 heteroatoms. The van der Waals surface area contributed by atoms with Crippen LogP contribution >= 0.6 is 24.0 Å². The summed E-state index contributed by atoms with van der Waals surface area (Å²) in [6, 6.07) is 10.5. The van der Waals surface area contributed by atoms with Crippen molar-refractivity contribution in [1.82, 2.24) is 20.9 Å². The maximum Gasteiger partial charge on any atom is 0.226 e. The molecule has 1 aromatic carbocycles. The Morgan fingerprint density at radius 2 is 1.93 bits per heavy atom. The molecule has 2 atom stereocenters. The Morgan fingerprint density at radius 1 is 1.13 bits per heavy atom. The highest BCUT2D eigenvalue weighted by molar-refractivity contribution is 14.0. The van der Waals surface area contributed by atoms with Crippen molar-refractivity contribution in [3.05, 3.63) is 42.3 Å². The zero-order chi connectivity index (χ0) is 20.1. The number of carbonyl (C=O) groups is 1. The molecule has 2 saturated carbocycles. The fraction of sp³-hybridized carbons (Fsp3) is 0.500. The van der Waals surface area contributed by atoms with Crippen molar-refractivity contribution in [2.75, 3.05) is 7.05 Å². The first-order chi connectivity index (χ1) is 14.2. The van der Waals surface area contributed by atoms with Crippen LogP contribution in [-0.2, 0) is 11.3 Å². The largest absolute Gasteiger partial charge is 0.444 e. The van der Waals surface area contributed by atoms with Gasteiger partial charge in [-0.2, -0.15) is 0 Å². The van der Waals surface area contributed by atoms with Crippen LogP contribution in [0.4, 0.5) is 0 Å². The van der Waals surface area contributed by atoms with E-state index in [-0.39, 0.29) is 41.8 Å². The average Bonchev–Trinajstić information content (AvgIpc) is 3.45. The lowest BCUT2D eigenvalue weighted by molar-refractivity contribution is -0.126. The topological polar surface area (TPSA) is 91.6 Å². The Hall–Kier alpha value is -2.10. The molecule has 162 valence electrons. The minimum atomic E-state index is 0. The molecule has 0 saturated heterocycles. The molecule has 2 fully saturated rings. The number of guanidine groups is 1. The minimum absolute atomic E-state index is 0. The third-order valence-corrected chi connectivity index (χ3v) is 5.54. The molecule has 1 aromatic heterocycles. The van der Waals surface area contributed by atoms with Crippen LogP contribution in [0.1, 0.15) is 44.2 Å². The summed E-state index contributed by atoms with van der Waals surface area (Å²) >= 11 is 0. The van der Waals surface area contributed by atoms with Crippen LogP contribution in [-0.4, -0.2) is 36.0 Å². The third kappa shape index (κ3) is 6.20. The number of oxazole rings is 1. The minimum Gasteiger partial charge on any atom is -0.444 e. The number of rotatable bonds is 6. The fourth-order valence-electron chi connectivity index (χ4n) is 3.77. The van der Waals surface area contributed by atoms with Gasteiger partial charge in [-0.1, -0.05) is 24.6 Å². The third-order valence-electron chi connectivity index (χ3n) is 5.54. The standard InChI is InChI=1S/C22H29N5O2.HI/c1-23-22(24-13-19-14-29-21(26-19)15-6-3-2-4-7-15)27-18-9-5-8-16(12-18)20(28)25-17-10-11-17;/h2-4,6-7,14,16-18H,5,8-13H2,1H3,(H,25,28)(H2,23,24,27);1H. The first kappa shape index (κ1) is 22.6. The van der Waals surface area contributed by atoms with Gasteiger partial charge in [0.25, 0.3) is 0 Å². The number of hydrogen-bond donors (Lipinski definition) is 3. The normalized spacial score (nSPS) is 21.4. The van der Waals surface area contributed by atoms with Crippen molar-refractivity contribution in [3.8, 4) is 11.5 Å². The number of nitrogens with one attached hydrogen (secondary N) is 3. The number of amides is 1. The highest BCUT2D eigenvalue weighted by Gasteiger charge is 2.31. The first-order valence-corrected chi connectivity index (χ1v) is 10.5. The summed E-state index contributed by atoms with van der Waals surface area (Å²) in [5.74, 6) is 1.66. The summed E-state index contributed by atoms with van der Waals surface area (Å²) in [5.41, 5.74) is 1.77. The summed E-state index contributed by atoms with van der Waals surface area (Å²) in [6.45, 7) is 0.522. The van der Waals surface area contributed by atoms with E-state index in [0.29, 0.717) is 18.5 Å². The van der Waals surface area contributed by atoms with Crippen molar-refractivity contribution in [2.24, 2.45) is 10.9 Å². The smallest absolute Gasteiger partial charge is 0.226 e. The second-order valence-electron chi connectivity index (χ2n) is 7.92. The zero-order valence-corrected chi connectivity index (χ0v) is 19.6. The molecule has 2 aliphatic rings. The van der Waals surface area contributed by atoms with Gasteiger partial charge in [0.15, 0.2) is 5.96 Å². The monoisotopic (exact) mass is 523 g/mol. The van der Waals surface area contributed by atoms with Gasteiger partial charge in [-0.05, 0) is 44.2 Å². The van der Waals surface area contributed by atoms with Gasteiger partial charge in [0.05, 0.1) is 12.2 Å². The van der Waals surface area contributed by atoms with E-state index in [2.05, 4.69) is 25.9 Å². The van der Waals surface area contributed by atoms with Crippen LogP contribution in [0.15, 0.2) is 46.0 Å². The molecule has 0 spiro atoms. The molecule has 2 aliphatic carbocycles. The summed E-state index contributed by atoms with van der Waals surface area (Å²) in [5, 5.41) is 9.91. The van der Waals surface area contributed by atoms with Gasteiger partial charge in [-0.15, -0.1) is 24.0 Å². The molecule has 7 nitrogen and oxygen atoms in total. The molecule has 2 unspecified atom stereocenters. The quantitative estimate of drug-likeness (QED) is 0.307. The molecule has 1 heterocycles. The molecular weight excluding hydrogens is 493 g/mol. The molecule has 30 heavy (non-hydrogen) atoms. The van der Waals surface area contributed by atoms with E-state index in [0.717, 1.165) is 55.7 Å². The molecule has 1 amide bonds. The van der Waals surface area contributed by atoms with Crippen LogP contribution in [0.2, 0.25) is 0 Å². The Morgan fingerprint density at radius 3 is 2.67 bits per heavy atom. The Kier molecular flexibility index (Phi) is 8.12. The number of carbonyl (C=O) groups excluding carboxylic acids is 1. The second-order valence-corrected chi connectivity index (χ2v) is 7.92. The Bertz CT molecular complexity index is 850. The van der Waals surface area contributed by atoms with E-state index in [9.17, 15) is 4.79 Å². The average molecular weight is 523 g/mol. The maximum absolute atomic E-state index is 12.4. The lowest BCUT2D eigenvalue weighted by Gasteiger charge is -2.30. The number of aromatic nitrogens is 1. The number of halogens is 1. The van der Waals surface area contributed by atoms with Crippen molar-refractivity contribution in [3.63, 3.8) is 0 Å². The molecule has 2 aromatic rings. The number of aliphatic imine (C=N–C) groups is 1. The van der Waals surface area contributed by atoms with Crippen LogP contribution in [0.25, 0.3) is 11.5 Å². The molecule has 0 bridgehead atoms. The van der Waals surface area contributed by atoms with Crippen molar-refractivity contribution < 1.29 is 9.21 Å². The Balaban J connectivity index is 0.00000256. The van der Waals surface area contributed by atoms with Gasteiger partial charge in [-0.3, -0.25) is 9.79 Å². The van der Waals surface area contributed by atoms with Gasteiger partial charge in [0.2, 0.25) is 11.8 Å². The van der Waals surface area contributed by atoms with Gasteiger partial charge in [-0.25, -0.2) is 4.98 Å². The zero-order valence-electron chi connectivity index (χ0n) is 17.3. The number of benzene rings is 1. The summed E-state index contributed by atoms with van der Waals surface area (Å²) in [6.07, 6.45) is 7.86. The van der Waals surface area contributed by atoms with Gasteiger partial charge < -0.3 is 20.4 Å². The predicted molar refractivity (Wildman–Crippen MR) is 128 cm³/mol. The number of hydrogen-bond acceptors (Lipinski definition) is 4. The van der Waals surface area contributed by atoms with Crippen molar-refractivity contribution in [1.29, 1.82) is 0 Å². The molecular formula is C22H30IN5O2. The lowest BCUT2D eigenvalue weighted by Crippen LogP contribution is -2.47. The van der Waals surface area contributed by atoms with Crippen LogP contribution < -0.4 is 16.0 Å². The summed E-state index contributed by atoms with van der Waals surface area (Å²) in [4.78, 5) is 21.2. The van der Waals surface area contributed by atoms with Crippen LogP contribution in [0.3, 0.4) is 0 Å². The second kappa shape index (κ2) is 10.8. The summed E-state index contributed by atoms with van der Waals surface area (Å²) in [7, 11) is 1.76. The van der Waals surface area contributed by atoms with E-state index in [1.54, 1.807) is 13.3 Å². The van der Waals surface area contributed by atoms with E-state index in [4.69, 9.17) is 4.42 Å². The fourth-order valence-corrected chi connectivity index (χ4v) is 3.77. The van der Waals surface area contributed by atoms with Gasteiger partial charge in [0, 0.05) is 30.6 Å². The SMILES string of the molecule is CN=C(NCc1coc(-c2ccccc2)n1)NC1CCCC(C(=O)NC2CC2)C1.I. The Labute approximate surface area is 194 Å². The van der Waals surface area contributed by atoms with Crippen molar-refractivity contribution >= 4 is 35.8 Å². The molecule has 0 aliphatic heterocycles. The van der Waals surface area contributed by atoms with E-state index >= 15 is 0 Å². The van der Waals surface area contributed by atoms with Crippen molar-refractivity contribution in [2.45, 2.75) is 57.2 Å². The molecule has 4 rings (SSSR count). The summed E-state index contributed by atoms with van der Waals surface area (Å²) < 4.78 is 5.59. The van der Waals surface area contributed by atoms with Crippen LogP contribution in [0, 0.1) is 5.92 Å². The number of nitrogens with zero attached hydrogens (tertiary/aromatic N) is 2.